The van der Waals surface area contributed by atoms with Crippen molar-refractivity contribution in [3.8, 4) is 0 Å². The van der Waals surface area contributed by atoms with Crippen molar-refractivity contribution in [1.29, 1.82) is 5.41 Å². The predicted molar refractivity (Wildman–Crippen MR) is 18.8 cm³/mol. The van der Waals surface area contributed by atoms with Gasteiger partial charge in [0.25, 0.3) is 0 Å². The van der Waals surface area contributed by atoms with Crippen LogP contribution >= 0.6 is 0 Å². The molecule has 0 aliphatic carbocycles. The summed E-state index contributed by atoms with van der Waals surface area (Å²) in [7, 11) is 0. The van der Waals surface area contributed by atoms with Crippen molar-refractivity contribution < 1.29 is 39.7 Å². The second-order valence-electron chi connectivity index (χ2n) is 0.378. The van der Waals surface area contributed by atoms with Gasteiger partial charge in [0, 0.05) is 0 Å². The smallest absolute Gasteiger partial charge is 1.00 e. The summed E-state index contributed by atoms with van der Waals surface area (Å²) in [6, 6.07) is 0. The molecule has 0 aromatic rings. The van der Waals surface area contributed by atoms with Crippen LogP contribution in [0.4, 0.5) is 0 Å². The summed E-state index contributed by atoms with van der Waals surface area (Å²) in [4.78, 5) is 0. The Morgan fingerprint density at radius 1 is 2.00 bits per heavy atom. The minimum absolute atomic E-state index is 0. The van der Waals surface area contributed by atoms with Crippen molar-refractivity contribution >= 4 is 16.6 Å². The minimum atomic E-state index is -2.28. The van der Waals surface area contributed by atoms with Crippen LogP contribution in [-0.2, 0) is 11.1 Å². The van der Waals surface area contributed by atoms with Crippen LogP contribution in [0.5, 0.6) is 0 Å². The largest absolute Gasteiger partial charge is 1.00 e. The molecule has 1 N–H and O–H groups in total. The summed E-state index contributed by atoms with van der Waals surface area (Å²) >= 11 is -2.28. The van der Waals surface area contributed by atoms with Gasteiger partial charge in [0.1, 0.15) is 0 Å². The van der Waals surface area contributed by atoms with Crippen molar-refractivity contribution in [1.82, 2.24) is 0 Å². The van der Waals surface area contributed by atoms with E-state index in [1.165, 1.54) is 0 Å². The standard InChI is InChI=1S/CH3NO2S.Na.H/c2-1-5(3)4;;/h1-2H,(H,3,4);;/q;+1;-1/p-1. The first-order valence-electron chi connectivity index (χ1n) is 0.858. The van der Waals surface area contributed by atoms with Crippen LogP contribution in [0.3, 0.4) is 0 Å². The van der Waals surface area contributed by atoms with Crippen molar-refractivity contribution in [2.45, 2.75) is 0 Å². The van der Waals surface area contributed by atoms with E-state index in [0.717, 1.165) is 0 Å². The van der Waals surface area contributed by atoms with E-state index in [-0.39, 0.29) is 31.0 Å². The Bertz CT molecular complexity index is 68.7. The monoisotopic (exact) mass is 116 g/mol. The van der Waals surface area contributed by atoms with Crippen LogP contribution in [0.2, 0.25) is 0 Å². The van der Waals surface area contributed by atoms with Gasteiger partial charge < -0.3 is 11.4 Å². The number of hydrogen-bond donors (Lipinski definition) is 1. The van der Waals surface area contributed by atoms with Crippen LogP contribution in [0.1, 0.15) is 1.43 Å². The van der Waals surface area contributed by atoms with Gasteiger partial charge in [-0.1, -0.05) is 0 Å². The Kier molecular flexibility index (Phi) is 9.55. The zero-order valence-corrected chi connectivity index (χ0v) is 6.12. The Balaban J connectivity index is -0.0000000800. The maximum absolute atomic E-state index is 9.12. The Hall–Kier alpha value is 0.780. The maximum Gasteiger partial charge on any atom is 1.00 e. The van der Waals surface area contributed by atoms with Crippen LogP contribution in [0.15, 0.2) is 0 Å². The Labute approximate surface area is 61.7 Å². The molecule has 1 unspecified atom stereocenters. The van der Waals surface area contributed by atoms with Gasteiger partial charge >= 0.3 is 29.6 Å². The second-order valence-corrected chi connectivity index (χ2v) is 1.14. The molecule has 3 nitrogen and oxygen atoms in total. The van der Waals surface area contributed by atoms with Gasteiger partial charge in [0.05, 0.1) is 5.55 Å². The topological polar surface area (TPSA) is 64.0 Å². The fourth-order valence-electron chi connectivity index (χ4n) is 0. The minimum Gasteiger partial charge on any atom is -1.00 e. The molecule has 0 aliphatic heterocycles. The van der Waals surface area contributed by atoms with Gasteiger partial charge in [0.15, 0.2) is 0 Å². The number of rotatable bonds is 1. The van der Waals surface area contributed by atoms with E-state index >= 15 is 0 Å². The second kappa shape index (κ2) is 5.78. The SMILES string of the molecule is N=CS(=O)[O-].[H-].[Na+]. The van der Waals surface area contributed by atoms with Crippen LogP contribution in [0, 0.1) is 5.41 Å². The number of nitrogens with one attached hydrogen (secondary N) is 1. The molecule has 5 heteroatoms. The molecule has 0 bridgehead atoms. The van der Waals surface area contributed by atoms with E-state index in [1.54, 1.807) is 0 Å². The van der Waals surface area contributed by atoms with Gasteiger partial charge in [-0.05, 0) is 11.1 Å². The fourth-order valence-corrected chi connectivity index (χ4v) is 0. The molecule has 32 valence electrons. The third-order valence-corrected chi connectivity index (χ3v) is 0.289. The molecule has 0 heterocycles. The van der Waals surface area contributed by atoms with Crippen LogP contribution in [-0.4, -0.2) is 14.3 Å². The molecule has 0 aliphatic rings. The van der Waals surface area contributed by atoms with Crippen molar-refractivity contribution in [2.75, 3.05) is 0 Å². The summed E-state index contributed by atoms with van der Waals surface area (Å²) in [5.41, 5.74) is 0.333. The molecule has 0 fully saturated rings. The third-order valence-electron chi connectivity index (χ3n) is 0.0962. The zero-order valence-electron chi connectivity index (χ0n) is 4.30. The van der Waals surface area contributed by atoms with Crippen LogP contribution < -0.4 is 29.6 Å². The van der Waals surface area contributed by atoms with Gasteiger partial charge in [-0.3, -0.25) is 4.21 Å². The summed E-state index contributed by atoms with van der Waals surface area (Å²) in [6.45, 7) is 0. The summed E-state index contributed by atoms with van der Waals surface area (Å²) < 4.78 is 18.2. The maximum atomic E-state index is 9.12. The molecule has 0 radical (unpaired) electrons. The Morgan fingerprint density at radius 2 is 2.17 bits per heavy atom. The molecule has 1 atom stereocenters. The van der Waals surface area contributed by atoms with E-state index in [4.69, 9.17) is 14.2 Å². The number of hydrogen-bond acceptors (Lipinski definition) is 3. The first kappa shape index (κ1) is 9.91. The average molecular weight is 116 g/mol. The van der Waals surface area contributed by atoms with E-state index < -0.39 is 11.1 Å². The van der Waals surface area contributed by atoms with E-state index in [1.807, 2.05) is 0 Å². The van der Waals surface area contributed by atoms with E-state index in [2.05, 4.69) is 0 Å². The molecule has 0 spiro atoms. The molecule has 0 aromatic carbocycles. The predicted octanol–water partition coefficient (Wildman–Crippen LogP) is -3.41. The molecule has 0 rings (SSSR count). The van der Waals surface area contributed by atoms with Gasteiger partial charge in [-0.15, -0.1) is 0 Å². The van der Waals surface area contributed by atoms with Gasteiger partial charge in [0.2, 0.25) is 0 Å². The fraction of sp³-hybridized carbons (Fsp3) is 0. The third kappa shape index (κ3) is 8.84. The molecule has 0 amide bonds. The summed E-state index contributed by atoms with van der Waals surface area (Å²) in [6.07, 6.45) is 0. The van der Waals surface area contributed by atoms with Gasteiger partial charge in [-0.2, -0.15) is 0 Å². The van der Waals surface area contributed by atoms with E-state index in [0.29, 0.717) is 5.55 Å². The average Bonchev–Trinajstić information content (AvgIpc) is 1.38. The van der Waals surface area contributed by atoms with Crippen LogP contribution in [0.25, 0.3) is 0 Å². The first-order chi connectivity index (χ1) is 2.27. The van der Waals surface area contributed by atoms with E-state index in [9.17, 15) is 0 Å². The summed E-state index contributed by atoms with van der Waals surface area (Å²) in [5.74, 6) is 0. The first-order valence-corrected chi connectivity index (χ1v) is 2.00. The van der Waals surface area contributed by atoms with Gasteiger partial charge in [-0.25, -0.2) is 0 Å². The molecular formula is CH3NNaO2S-. The van der Waals surface area contributed by atoms with Crippen molar-refractivity contribution in [2.24, 2.45) is 0 Å². The molecule has 6 heavy (non-hydrogen) atoms. The normalized spacial score (nSPS) is 11.5. The molecular weight excluding hydrogens is 113 g/mol. The molecule has 0 saturated carbocycles. The zero-order chi connectivity index (χ0) is 4.28. The molecule has 0 aromatic heterocycles. The molecule has 0 saturated heterocycles. The van der Waals surface area contributed by atoms with Crippen molar-refractivity contribution in [3.05, 3.63) is 0 Å². The quantitative estimate of drug-likeness (QED) is 0.168. The Morgan fingerprint density at radius 3 is 2.17 bits per heavy atom. The van der Waals surface area contributed by atoms with Crippen molar-refractivity contribution in [3.63, 3.8) is 0 Å². The summed E-state index contributed by atoms with van der Waals surface area (Å²) in [5, 5.41) is 5.92.